The van der Waals surface area contributed by atoms with Gasteiger partial charge < -0.3 is 13.9 Å². The second-order valence-electron chi connectivity index (χ2n) is 6.49. The van der Waals surface area contributed by atoms with Crippen LogP contribution in [0, 0.1) is 24.0 Å². The van der Waals surface area contributed by atoms with Gasteiger partial charge in [0, 0.05) is 23.1 Å². The van der Waals surface area contributed by atoms with Crippen molar-refractivity contribution in [3.05, 3.63) is 81.2 Å². The largest absolute Gasteiger partial charge is 0.494 e. The number of aromatic nitrogens is 1. The van der Waals surface area contributed by atoms with Crippen LogP contribution < -0.4 is 0 Å². The molecule has 0 amide bonds. The van der Waals surface area contributed by atoms with Crippen LogP contribution in [0.3, 0.4) is 0 Å². The SMILES string of the molecule is Cc1ccoc1C(=O)c1c(O)n(C(=O)c2occc2C)c2cc([N+](=O)[O-])ccc12. The first kappa shape index (κ1) is 18.2. The average molecular weight is 394 g/mol. The molecule has 0 aliphatic heterocycles. The summed E-state index contributed by atoms with van der Waals surface area (Å²) in [7, 11) is 0. The van der Waals surface area contributed by atoms with Crippen LogP contribution >= 0.6 is 0 Å². The molecule has 9 heteroatoms. The fourth-order valence-electron chi connectivity index (χ4n) is 3.22. The van der Waals surface area contributed by atoms with Crippen molar-refractivity contribution in [2.45, 2.75) is 13.8 Å². The average Bonchev–Trinajstić information content (AvgIpc) is 3.37. The van der Waals surface area contributed by atoms with Gasteiger partial charge in [-0.25, -0.2) is 4.57 Å². The first-order valence-corrected chi connectivity index (χ1v) is 8.50. The minimum Gasteiger partial charge on any atom is -0.494 e. The molecule has 9 nitrogen and oxygen atoms in total. The summed E-state index contributed by atoms with van der Waals surface area (Å²) in [6.45, 7) is 3.30. The predicted octanol–water partition coefficient (Wildman–Crippen LogP) is 3.98. The molecule has 0 saturated carbocycles. The van der Waals surface area contributed by atoms with Gasteiger partial charge in [0.1, 0.15) is 0 Å². The van der Waals surface area contributed by atoms with Gasteiger partial charge in [0.15, 0.2) is 11.5 Å². The lowest BCUT2D eigenvalue weighted by Gasteiger charge is -2.04. The van der Waals surface area contributed by atoms with Crippen LogP contribution in [0.5, 0.6) is 5.88 Å². The maximum Gasteiger partial charge on any atom is 0.301 e. The molecular weight excluding hydrogens is 380 g/mol. The Kier molecular flexibility index (Phi) is 4.08. The van der Waals surface area contributed by atoms with Crippen molar-refractivity contribution in [1.29, 1.82) is 0 Å². The highest BCUT2D eigenvalue weighted by atomic mass is 16.6. The zero-order valence-corrected chi connectivity index (χ0v) is 15.3. The molecule has 1 aromatic carbocycles. The van der Waals surface area contributed by atoms with Gasteiger partial charge in [-0.05, 0) is 37.6 Å². The van der Waals surface area contributed by atoms with Gasteiger partial charge in [0.05, 0.1) is 28.5 Å². The van der Waals surface area contributed by atoms with Crippen LogP contribution in [0.4, 0.5) is 5.69 Å². The third-order valence-corrected chi connectivity index (χ3v) is 4.69. The van der Waals surface area contributed by atoms with Gasteiger partial charge in [-0.3, -0.25) is 19.7 Å². The molecule has 3 heterocycles. The second-order valence-corrected chi connectivity index (χ2v) is 6.49. The van der Waals surface area contributed by atoms with E-state index in [1.807, 2.05) is 0 Å². The Bertz CT molecular complexity index is 1310. The van der Waals surface area contributed by atoms with Gasteiger partial charge in [-0.15, -0.1) is 0 Å². The minimum absolute atomic E-state index is 0.000620. The van der Waals surface area contributed by atoms with Crippen molar-refractivity contribution in [3.63, 3.8) is 0 Å². The minimum atomic E-state index is -0.759. The number of benzene rings is 1. The lowest BCUT2D eigenvalue weighted by molar-refractivity contribution is -0.384. The maximum absolute atomic E-state index is 13.0. The van der Waals surface area contributed by atoms with Crippen LogP contribution in [-0.2, 0) is 0 Å². The standard InChI is InChI=1S/C20H14N2O7/c1-10-5-7-28-17(10)16(23)15-13-4-3-12(22(26)27)9-14(13)21(19(15)24)20(25)18-11(2)6-8-29-18/h3-9,24H,1-2H3. The van der Waals surface area contributed by atoms with E-state index in [2.05, 4.69) is 0 Å². The van der Waals surface area contributed by atoms with E-state index in [0.717, 1.165) is 10.6 Å². The number of carbonyl (C=O) groups is 2. The molecule has 146 valence electrons. The molecule has 0 unspecified atom stereocenters. The molecular formula is C20H14N2O7. The number of hydrogen-bond acceptors (Lipinski definition) is 7. The molecule has 1 N–H and O–H groups in total. The normalized spacial score (nSPS) is 11.1. The Morgan fingerprint density at radius 2 is 1.66 bits per heavy atom. The van der Waals surface area contributed by atoms with Gasteiger partial charge in [-0.1, -0.05) is 0 Å². The molecule has 3 aromatic heterocycles. The summed E-state index contributed by atoms with van der Waals surface area (Å²) in [6.07, 6.45) is 2.65. The number of non-ortho nitro benzene ring substituents is 1. The molecule has 0 radical (unpaired) electrons. The number of hydrogen-bond donors (Lipinski definition) is 1. The fraction of sp³-hybridized carbons (Fsp3) is 0.100. The number of carbonyl (C=O) groups excluding carboxylic acids is 2. The highest BCUT2D eigenvalue weighted by Gasteiger charge is 2.31. The third kappa shape index (κ3) is 2.71. The van der Waals surface area contributed by atoms with Crippen molar-refractivity contribution >= 4 is 28.3 Å². The molecule has 4 rings (SSSR count). The van der Waals surface area contributed by atoms with Crippen molar-refractivity contribution in [2.24, 2.45) is 0 Å². The van der Waals surface area contributed by atoms with E-state index in [-0.39, 0.29) is 33.7 Å². The number of aryl methyl sites for hydroxylation is 2. The van der Waals surface area contributed by atoms with Crippen molar-refractivity contribution in [1.82, 2.24) is 4.57 Å². The summed E-state index contributed by atoms with van der Waals surface area (Å²) in [5.41, 5.74) is 0.575. The van der Waals surface area contributed by atoms with Crippen LogP contribution in [-0.4, -0.2) is 26.3 Å². The number of furan rings is 2. The smallest absolute Gasteiger partial charge is 0.301 e. The van der Waals surface area contributed by atoms with Crippen molar-refractivity contribution in [2.75, 3.05) is 0 Å². The van der Waals surface area contributed by atoms with Crippen molar-refractivity contribution < 1.29 is 28.5 Å². The van der Waals surface area contributed by atoms with E-state index in [1.165, 1.54) is 24.7 Å². The molecule has 4 aromatic rings. The number of nitrogens with zero attached hydrogens (tertiary/aromatic N) is 2. The predicted molar refractivity (Wildman–Crippen MR) is 100 cm³/mol. The molecule has 29 heavy (non-hydrogen) atoms. The zero-order chi connectivity index (χ0) is 20.9. The number of nitro groups is 1. The van der Waals surface area contributed by atoms with Crippen molar-refractivity contribution in [3.8, 4) is 5.88 Å². The maximum atomic E-state index is 13.0. The summed E-state index contributed by atoms with van der Waals surface area (Å²) in [5.74, 6) is -2.12. The molecule has 0 fully saturated rings. The molecule has 0 bridgehead atoms. The molecule has 0 atom stereocenters. The Labute approximate surface area is 162 Å². The summed E-state index contributed by atoms with van der Waals surface area (Å²) < 4.78 is 11.3. The van der Waals surface area contributed by atoms with Gasteiger partial charge in [0.2, 0.25) is 11.7 Å². The topological polar surface area (TPSA) is 129 Å². The summed E-state index contributed by atoms with van der Waals surface area (Å²) >= 11 is 0. The monoisotopic (exact) mass is 394 g/mol. The summed E-state index contributed by atoms with van der Waals surface area (Å²) in [4.78, 5) is 36.7. The van der Waals surface area contributed by atoms with Crippen LogP contribution in [0.2, 0.25) is 0 Å². The lowest BCUT2D eigenvalue weighted by Crippen LogP contribution is -2.12. The number of rotatable bonds is 4. The van der Waals surface area contributed by atoms with Crippen LogP contribution in [0.25, 0.3) is 10.9 Å². The van der Waals surface area contributed by atoms with E-state index >= 15 is 0 Å². The van der Waals surface area contributed by atoms with E-state index < -0.39 is 22.5 Å². The number of ketones is 1. The third-order valence-electron chi connectivity index (χ3n) is 4.69. The molecule has 0 spiro atoms. The van der Waals surface area contributed by atoms with Crippen LogP contribution in [0.1, 0.15) is 37.8 Å². The number of nitro benzene ring substituents is 1. The second kappa shape index (κ2) is 6.48. The van der Waals surface area contributed by atoms with E-state index in [1.54, 1.807) is 26.0 Å². The van der Waals surface area contributed by atoms with Gasteiger partial charge in [-0.2, -0.15) is 0 Å². The Morgan fingerprint density at radius 1 is 1.03 bits per heavy atom. The van der Waals surface area contributed by atoms with Crippen LogP contribution in [0.15, 0.2) is 51.7 Å². The van der Waals surface area contributed by atoms with Gasteiger partial charge in [0.25, 0.3) is 5.69 Å². The highest BCUT2D eigenvalue weighted by Crippen LogP contribution is 2.36. The summed E-state index contributed by atoms with van der Waals surface area (Å²) in [6, 6.07) is 6.79. The van der Waals surface area contributed by atoms with E-state index in [4.69, 9.17) is 8.83 Å². The first-order valence-electron chi connectivity index (χ1n) is 8.50. The Morgan fingerprint density at radius 3 is 2.21 bits per heavy atom. The lowest BCUT2D eigenvalue weighted by atomic mass is 10.0. The van der Waals surface area contributed by atoms with E-state index in [9.17, 15) is 24.8 Å². The number of aromatic hydroxyl groups is 1. The summed E-state index contributed by atoms with van der Waals surface area (Å²) in [5, 5.41) is 22.2. The molecule has 0 saturated heterocycles. The van der Waals surface area contributed by atoms with E-state index in [0.29, 0.717) is 11.1 Å². The van der Waals surface area contributed by atoms with Gasteiger partial charge >= 0.3 is 5.91 Å². The Hall–Kier alpha value is -4.14. The fourth-order valence-corrected chi connectivity index (χ4v) is 3.22. The number of fused-ring (bicyclic) bond motifs is 1. The highest BCUT2D eigenvalue weighted by molar-refractivity contribution is 6.20. The Balaban J connectivity index is 2.03. The zero-order valence-electron chi connectivity index (χ0n) is 15.3. The quantitative estimate of drug-likeness (QED) is 0.315. The molecule has 0 aliphatic rings. The molecule has 0 aliphatic carbocycles. The first-order chi connectivity index (χ1) is 13.8.